The van der Waals surface area contributed by atoms with Gasteiger partial charge in [-0.1, -0.05) is 6.42 Å². The molecule has 2 aromatic rings. The van der Waals surface area contributed by atoms with E-state index in [9.17, 15) is 18.0 Å². The molecule has 1 amide bonds. The lowest BCUT2D eigenvalue weighted by Crippen LogP contribution is -2.35. The van der Waals surface area contributed by atoms with E-state index in [-0.39, 0.29) is 23.2 Å². The minimum absolute atomic E-state index is 0.0416. The molecule has 2 aromatic carbocycles. The molecule has 0 bridgehead atoms. The van der Waals surface area contributed by atoms with Crippen LogP contribution in [-0.2, 0) is 14.8 Å². The van der Waals surface area contributed by atoms with Crippen molar-refractivity contribution in [3.63, 3.8) is 0 Å². The number of hydrogen-bond acceptors (Lipinski definition) is 5. The van der Waals surface area contributed by atoms with Gasteiger partial charge in [0, 0.05) is 24.3 Å². The molecule has 1 saturated heterocycles. The van der Waals surface area contributed by atoms with E-state index >= 15 is 0 Å². The number of anilines is 1. The SMILES string of the molecule is CC(=O)c1ccc(OCC(=O)Nc2ccc(S(=O)(=O)N3CCCCC3)cc2)cc1. The minimum Gasteiger partial charge on any atom is -0.484 e. The maximum absolute atomic E-state index is 12.6. The Labute approximate surface area is 170 Å². The molecule has 1 fully saturated rings. The third-order valence-electron chi connectivity index (χ3n) is 4.72. The highest BCUT2D eigenvalue weighted by atomic mass is 32.2. The van der Waals surface area contributed by atoms with Gasteiger partial charge in [0.1, 0.15) is 5.75 Å². The Hall–Kier alpha value is -2.71. The first-order chi connectivity index (χ1) is 13.9. The predicted molar refractivity (Wildman–Crippen MR) is 110 cm³/mol. The highest BCUT2D eigenvalue weighted by Gasteiger charge is 2.25. The zero-order chi connectivity index (χ0) is 20.9. The molecule has 0 atom stereocenters. The normalized spacial score (nSPS) is 14.9. The molecule has 0 aliphatic carbocycles. The van der Waals surface area contributed by atoms with Gasteiger partial charge in [0.2, 0.25) is 10.0 Å². The van der Waals surface area contributed by atoms with E-state index in [1.165, 1.54) is 23.4 Å². The lowest BCUT2D eigenvalue weighted by Gasteiger charge is -2.25. The van der Waals surface area contributed by atoms with Crippen LogP contribution in [0.2, 0.25) is 0 Å². The maximum Gasteiger partial charge on any atom is 0.262 e. The predicted octanol–water partition coefficient (Wildman–Crippen LogP) is 3.08. The van der Waals surface area contributed by atoms with Crippen LogP contribution in [0.1, 0.15) is 36.5 Å². The van der Waals surface area contributed by atoms with E-state index in [2.05, 4.69) is 5.32 Å². The van der Waals surface area contributed by atoms with Gasteiger partial charge in [-0.25, -0.2) is 8.42 Å². The fourth-order valence-electron chi connectivity index (χ4n) is 3.10. The van der Waals surface area contributed by atoms with Crippen LogP contribution in [0.4, 0.5) is 5.69 Å². The second-order valence-electron chi connectivity index (χ2n) is 6.91. The topological polar surface area (TPSA) is 92.8 Å². The quantitative estimate of drug-likeness (QED) is 0.700. The van der Waals surface area contributed by atoms with Crippen molar-refractivity contribution < 1.29 is 22.7 Å². The number of nitrogens with one attached hydrogen (secondary N) is 1. The monoisotopic (exact) mass is 416 g/mol. The van der Waals surface area contributed by atoms with Crippen molar-refractivity contribution in [3.8, 4) is 5.75 Å². The molecule has 0 aromatic heterocycles. The third-order valence-corrected chi connectivity index (χ3v) is 6.63. The summed E-state index contributed by atoms with van der Waals surface area (Å²) < 4.78 is 32.2. The molecule has 1 aliphatic heterocycles. The Bertz CT molecular complexity index is 963. The Morgan fingerprint density at radius 1 is 0.966 bits per heavy atom. The van der Waals surface area contributed by atoms with Gasteiger partial charge in [-0.2, -0.15) is 4.31 Å². The number of amides is 1. The molecule has 7 nitrogen and oxygen atoms in total. The van der Waals surface area contributed by atoms with Crippen LogP contribution in [0.5, 0.6) is 5.75 Å². The first-order valence-corrected chi connectivity index (χ1v) is 10.9. The number of rotatable bonds is 7. The van der Waals surface area contributed by atoms with Gasteiger partial charge in [-0.3, -0.25) is 9.59 Å². The second-order valence-corrected chi connectivity index (χ2v) is 8.84. The van der Waals surface area contributed by atoms with Crippen LogP contribution in [0.3, 0.4) is 0 Å². The number of sulfonamides is 1. The number of nitrogens with zero attached hydrogens (tertiary/aromatic N) is 1. The largest absolute Gasteiger partial charge is 0.484 e. The first-order valence-electron chi connectivity index (χ1n) is 9.50. The first kappa shape index (κ1) is 21.0. The molecule has 0 unspecified atom stereocenters. The van der Waals surface area contributed by atoms with Crippen LogP contribution in [0.25, 0.3) is 0 Å². The van der Waals surface area contributed by atoms with E-state index in [0.29, 0.717) is 30.1 Å². The van der Waals surface area contributed by atoms with Gasteiger partial charge in [-0.05, 0) is 68.3 Å². The number of Topliss-reactive ketones (excluding diaryl/α,β-unsaturated/α-hetero) is 1. The second kappa shape index (κ2) is 9.19. The number of hydrogen-bond donors (Lipinski definition) is 1. The number of benzene rings is 2. The molecule has 154 valence electrons. The summed E-state index contributed by atoms with van der Waals surface area (Å²) in [5, 5.41) is 2.67. The Morgan fingerprint density at radius 3 is 2.17 bits per heavy atom. The van der Waals surface area contributed by atoms with Crippen LogP contribution in [-0.4, -0.2) is 44.1 Å². The van der Waals surface area contributed by atoms with Crippen molar-refractivity contribution in [2.24, 2.45) is 0 Å². The van der Waals surface area contributed by atoms with Crippen molar-refractivity contribution in [1.82, 2.24) is 4.31 Å². The minimum atomic E-state index is -3.49. The summed E-state index contributed by atoms with van der Waals surface area (Å²) in [6.07, 6.45) is 2.82. The summed E-state index contributed by atoms with van der Waals surface area (Å²) >= 11 is 0. The Kier molecular flexibility index (Phi) is 6.66. The van der Waals surface area contributed by atoms with E-state index in [1.54, 1.807) is 36.4 Å². The van der Waals surface area contributed by atoms with Crippen molar-refractivity contribution in [2.75, 3.05) is 25.0 Å². The standard InChI is InChI=1S/C21H24N2O5S/c1-16(24)17-5-9-19(10-6-17)28-15-21(25)22-18-7-11-20(12-8-18)29(26,27)23-13-3-2-4-14-23/h5-12H,2-4,13-15H2,1H3,(H,22,25). The summed E-state index contributed by atoms with van der Waals surface area (Å²) in [6.45, 7) is 2.37. The molecule has 0 radical (unpaired) electrons. The summed E-state index contributed by atoms with van der Waals surface area (Å²) in [7, 11) is -3.49. The number of piperidine rings is 1. The highest BCUT2D eigenvalue weighted by molar-refractivity contribution is 7.89. The number of carbonyl (C=O) groups is 2. The van der Waals surface area contributed by atoms with Crippen LogP contribution < -0.4 is 10.1 Å². The molecule has 0 spiro atoms. The molecule has 8 heteroatoms. The van der Waals surface area contributed by atoms with E-state index < -0.39 is 10.0 Å². The van der Waals surface area contributed by atoms with Gasteiger partial charge >= 0.3 is 0 Å². The van der Waals surface area contributed by atoms with Crippen molar-refractivity contribution in [2.45, 2.75) is 31.1 Å². The Morgan fingerprint density at radius 2 is 1.59 bits per heavy atom. The van der Waals surface area contributed by atoms with Gasteiger partial charge in [0.25, 0.3) is 5.91 Å². The van der Waals surface area contributed by atoms with Gasteiger partial charge < -0.3 is 10.1 Å². The maximum atomic E-state index is 12.6. The third kappa shape index (κ3) is 5.42. The zero-order valence-electron chi connectivity index (χ0n) is 16.3. The zero-order valence-corrected chi connectivity index (χ0v) is 17.1. The smallest absolute Gasteiger partial charge is 0.262 e. The molecule has 0 saturated carbocycles. The van der Waals surface area contributed by atoms with Gasteiger partial charge in [0.05, 0.1) is 4.90 Å². The Balaban J connectivity index is 1.55. The van der Waals surface area contributed by atoms with E-state index in [0.717, 1.165) is 19.3 Å². The molecule has 1 N–H and O–H groups in total. The number of ketones is 1. The van der Waals surface area contributed by atoms with Crippen LogP contribution >= 0.6 is 0 Å². The molecular formula is C21H24N2O5S. The molecule has 1 heterocycles. The lowest BCUT2D eigenvalue weighted by molar-refractivity contribution is -0.118. The molecular weight excluding hydrogens is 392 g/mol. The molecule has 1 aliphatic rings. The number of ether oxygens (including phenoxy) is 1. The molecule has 3 rings (SSSR count). The summed E-state index contributed by atoms with van der Waals surface area (Å²) in [5.41, 5.74) is 1.06. The lowest BCUT2D eigenvalue weighted by atomic mass is 10.1. The van der Waals surface area contributed by atoms with Gasteiger partial charge in [-0.15, -0.1) is 0 Å². The van der Waals surface area contributed by atoms with Crippen molar-refractivity contribution in [1.29, 1.82) is 0 Å². The van der Waals surface area contributed by atoms with Crippen molar-refractivity contribution >= 4 is 27.4 Å². The number of carbonyl (C=O) groups excluding carboxylic acids is 2. The fourth-order valence-corrected chi connectivity index (χ4v) is 4.61. The van der Waals surface area contributed by atoms with E-state index in [1.807, 2.05) is 0 Å². The highest BCUT2D eigenvalue weighted by Crippen LogP contribution is 2.22. The van der Waals surface area contributed by atoms with Gasteiger partial charge in [0.15, 0.2) is 12.4 Å². The van der Waals surface area contributed by atoms with Crippen LogP contribution in [0, 0.1) is 0 Å². The summed E-state index contributed by atoms with van der Waals surface area (Å²) in [4.78, 5) is 23.6. The molecule has 29 heavy (non-hydrogen) atoms. The average Bonchev–Trinajstić information content (AvgIpc) is 2.73. The van der Waals surface area contributed by atoms with Crippen molar-refractivity contribution in [3.05, 3.63) is 54.1 Å². The van der Waals surface area contributed by atoms with E-state index in [4.69, 9.17) is 4.74 Å². The summed E-state index contributed by atoms with van der Waals surface area (Å²) in [5.74, 6) is 0.0699. The van der Waals surface area contributed by atoms with Crippen LogP contribution in [0.15, 0.2) is 53.4 Å². The summed E-state index contributed by atoms with van der Waals surface area (Å²) in [6, 6.07) is 12.7. The average molecular weight is 416 g/mol. The fraction of sp³-hybridized carbons (Fsp3) is 0.333.